The summed E-state index contributed by atoms with van der Waals surface area (Å²) in [6.45, 7) is 0. The number of anilines is 1. The van der Waals surface area contributed by atoms with Crippen LogP contribution in [0.2, 0.25) is 0 Å². The van der Waals surface area contributed by atoms with Crippen molar-refractivity contribution in [1.82, 2.24) is 0 Å². The zero-order valence-corrected chi connectivity index (χ0v) is 9.53. The minimum absolute atomic E-state index is 0.396. The summed E-state index contributed by atoms with van der Waals surface area (Å²) in [6.07, 6.45) is 3.33. The van der Waals surface area contributed by atoms with Gasteiger partial charge in [-0.1, -0.05) is 0 Å². The molecule has 1 fully saturated rings. The predicted octanol–water partition coefficient (Wildman–Crippen LogP) is 2.62. The van der Waals surface area contributed by atoms with Crippen LogP contribution in [0.25, 0.3) is 0 Å². The van der Waals surface area contributed by atoms with Crippen LogP contribution in [0.5, 0.6) is 5.75 Å². The number of nitrogens with one attached hydrogen (secondary N) is 1. The lowest BCUT2D eigenvalue weighted by Crippen LogP contribution is -2.25. The molecule has 0 amide bonds. The van der Waals surface area contributed by atoms with Gasteiger partial charge in [-0.15, -0.1) is 0 Å². The van der Waals surface area contributed by atoms with E-state index in [9.17, 15) is 4.79 Å². The SMILES string of the molecule is COc1ccc(NC2CCC(=O)CC2)cc1. The lowest BCUT2D eigenvalue weighted by molar-refractivity contribution is -0.120. The number of ether oxygens (including phenoxy) is 1. The van der Waals surface area contributed by atoms with Crippen LogP contribution >= 0.6 is 0 Å². The van der Waals surface area contributed by atoms with E-state index in [1.165, 1.54) is 0 Å². The van der Waals surface area contributed by atoms with E-state index in [1.807, 2.05) is 24.3 Å². The van der Waals surface area contributed by atoms with E-state index >= 15 is 0 Å². The molecule has 1 saturated carbocycles. The topological polar surface area (TPSA) is 38.3 Å². The summed E-state index contributed by atoms with van der Waals surface area (Å²) in [6, 6.07) is 8.34. The first-order valence-corrected chi connectivity index (χ1v) is 5.70. The first kappa shape index (κ1) is 11.0. The number of rotatable bonds is 3. The molecule has 0 atom stereocenters. The van der Waals surface area contributed by atoms with Gasteiger partial charge in [-0.2, -0.15) is 0 Å². The molecule has 0 radical (unpaired) electrons. The number of methoxy groups -OCH3 is 1. The average molecular weight is 219 g/mol. The van der Waals surface area contributed by atoms with Crippen molar-refractivity contribution < 1.29 is 9.53 Å². The van der Waals surface area contributed by atoms with Crippen molar-refractivity contribution in [2.45, 2.75) is 31.7 Å². The number of carbonyl (C=O) groups excluding carboxylic acids is 1. The van der Waals surface area contributed by atoms with Crippen LogP contribution in [0.1, 0.15) is 25.7 Å². The number of hydrogen-bond acceptors (Lipinski definition) is 3. The van der Waals surface area contributed by atoms with Crippen LogP contribution in [0.15, 0.2) is 24.3 Å². The standard InChI is InChI=1S/C13H17NO2/c1-16-13-8-4-11(5-9-13)14-10-2-6-12(15)7-3-10/h4-5,8-10,14H,2-3,6-7H2,1H3. The summed E-state index contributed by atoms with van der Waals surface area (Å²) in [5, 5.41) is 3.44. The van der Waals surface area contributed by atoms with Crippen LogP contribution in [-0.4, -0.2) is 18.9 Å². The first-order chi connectivity index (χ1) is 7.78. The van der Waals surface area contributed by atoms with Gasteiger partial charge in [0, 0.05) is 24.6 Å². The highest BCUT2D eigenvalue weighted by molar-refractivity contribution is 5.79. The Balaban J connectivity index is 1.90. The Morgan fingerprint density at radius 1 is 1.19 bits per heavy atom. The molecule has 0 unspecified atom stereocenters. The van der Waals surface area contributed by atoms with Crippen LogP contribution in [0.4, 0.5) is 5.69 Å². The Kier molecular flexibility index (Phi) is 3.44. The van der Waals surface area contributed by atoms with E-state index in [2.05, 4.69) is 5.32 Å². The second-order valence-corrected chi connectivity index (χ2v) is 4.19. The van der Waals surface area contributed by atoms with Gasteiger partial charge in [0.1, 0.15) is 11.5 Å². The summed E-state index contributed by atoms with van der Waals surface area (Å²) >= 11 is 0. The number of ketones is 1. The molecule has 0 spiro atoms. The molecule has 0 aliphatic heterocycles. The molecule has 3 heteroatoms. The predicted molar refractivity (Wildman–Crippen MR) is 63.9 cm³/mol. The fraction of sp³-hybridized carbons (Fsp3) is 0.462. The van der Waals surface area contributed by atoms with Gasteiger partial charge >= 0.3 is 0 Å². The van der Waals surface area contributed by atoms with E-state index in [-0.39, 0.29) is 0 Å². The molecule has 16 heavy (non-hydrogen) atoms. The summed E-state index contributed by atoms with van der Waals surface area (Å²) < 4.78 is 5.10. The molecule has 1 N–H and O–H groups in total. The molecular formula is C13H17NO2. The Morgan fingerprint density at radius 3 is 2.38 bits per heavy atom. The molecule has 0 saturated heterocycles. The molecule has 0 aromatic heterocycles. The molecule has 1 aromatic carbocycles. The third-order valence-electron chi connectivity index (χ3n) is 3.00. The molecule has 2 rings (SSSR count). The van der Waals surface area contributed by atoms with Crippen molar-refractivity contribution in [3.05, 3.63) is 24.3 Å². The van der Waals surface area contributed by atoms with Gasteiger partial charge in [-0.05, 0) is 37.1 Å². The fourth-order valence-electron chi connectivity index (χ4n) is 2.01. The largest absolute Gasteiger partial charge is 0.497 e. The third kappa shape index (κ3) is 2.75. The summed E-state index contributed by atoms with van der Waals surface area (Å²) in [4.78, 5) is 11.1. The normalized spacial score (nSPS) is 17.2. The Hall–Kier alpha value is -1.51. The van der Waals surface area contributed by atoms with Gasteiger partial charge in [-0.25, -0.2) is 0 Å². The Bertz CT molecular complexity index is 349. The van der Waals surface area contributed by atoms with Gasteiger partial charge in [0.25, 0.3) is 0 Å². The second-order valence-electron chi connectivity index (χ2n) is 4.19. The van der Waals surface area contributed by atoms with Crippen molar-refractivity contribution in [1.29, 1.82) is 0 Å². The zero-order valence-electron chi connectivity index (χ0n) is 9.53. The van der Waals surface area contributed by atoms with E-state index < -0.39 is 0 Å². The highest BCUT2D eigenvalue weighted by atomic mass is 16.5. The molecule has 1 aromatic rings. The summed E-state index contributed by atoms with van der Waals surface area (Å²) in [5.74, 6) is 1.26. The molecule has 1 aliphatic rings. The molecule has 0 heterocycles. The third-order valence-corrected chi connectivity index (χ3v) is 3.00. The maximum Gasteiger partial charge on any atom is 0.133 e. The minimum Gasteiger partial charge on any atom is -0.497 e. The lowest BCUT2D eigenvalue weighted by Gasteiger charge is -2.23. The average Bonchev–Trinajstić information content (AvgIpc) is 2.33. The fourth-order valence-corrected chi connectivity index (χ4v) is 2.01. The van der Waals surface area contributed by atoms with Crippen molar-refractivity contribution in [3.63, 3.8) is 0 Å². The van der Waals surface area contributed by atoms with Crippen molar-refractivity contribution >= 4 is 11.5 Å². The number of Topliss-reactive ketones (excluding diaryl/α,β-unsaturated/α-hetero) is 1. The van der Waals surface area contributed by atoms with Gasteiger partial charge < -0.3 is 10.1 Å². The Labute approximate surface area is 95.8 Å². The van der Waals surface area contributed by atoms with E-state index in [0.29, 0.717) is 24.7 Å². The smallest absolute Gasteiger partial charge is 0.133 e. The van der Waals surface area contributed by atoms with Crippen LogP contribution in [0, 0.1) is 0 Å². The number of benzene rings is 1. The van der Waals surface area contributed by atoms with E-state index in [1.54, 1.807) is 7.11 Å². The first-order valence-electron chi connectivity index (χ1n) is 5.70. The highest BCUT2D eigenvalue weighted by Gasteiger charge is 2.18. The van der Waals surface area contributed by atoms with Crippen LogP contribution < -0.4 is 10.1 Å². The molecular weight excluding hydrogens is 202 g/mol. The molecule has 1 aliphatic carbocycles. The van der Waals surface area contributed by atoms with E-state index in [4.69, 9.17) is 4.74 Å². The maximum atomic E-state index is 11.1. The number of carbonyl (C=O) groups is 1. The highest BCUT2D eigenvalue weighted by Crippen LogP contribution is 2.21. The second kappa shape index (κ2) is 5.01. The minimum atomic E-state index is 0.396. The lowest BCUT2D eigenvalue weighted by atomic mass is 9.94. The van der Waals surface area contributed by atoms with Crippen molar-refractivity contribution in [2.75, 3.05) is 12.4 Å². The van der Waals surface area contributed by atoms with Gasteiger partial charge in [0.2, 0.25) is 0 Å². The molecule has 86 valence electrons. The van der Waals surface area contributed by atoms with Crippen LogP contribution in [-0.2, 0) is 4.79 Å². The Morgan fingerprint density at radius 2 is 1.81 bits per heavy atom. The van der Waals surface area contributed by atoms with Crippen LogP contribution in [0.3, 0.4) is 0 Å². The summed E-state index contributed by atoms with van der Waals surface area (Å²) in [5.41, 5.74) is 1.10. The van der Waals surface area contributed by atoms with Gasteiger partial charge in [-0.3, -0.25) is 4.79 Å². The van der Waals surface area contributed by atoms with Crippen molar-refractivity contribution in [3.8, 4) is 5.75 Å². The quantitative estimate of drug-likeness (QED) is 0.849. The monoisotopic (exact) mass is 219 g/mol. The maximum absolute atomic E-state index is 11.1. The summed E-state index contributed by atoms with van der Waals surface area (Å²) in [7, 11) is 1.66. The van der Waals surface area contributed by atoms with Gasteiger partial charge in [0.15, 0.2) is 0 Å². The van der Waals surface area contributed by atoms with Crippen molar-refractivity contribution in [2.24, 2.45) is 0 Å². The van der Waals surface area contributed by atoms with Gasteiger partial charge in [0.05, 0.1) is 7.11 Å². The molecule has 0 bridgehead atoms. The van der Waals surface area contributed by atoms with E-state index in [0.717, 1.165) is 24.3 Å². The molecule has 3 nitrogen and oxygen atoms in total. The zero-order chi connectivity index (χ0) is 11.4. The number of hydrogen-bond donors (Lipinski definition) is 1.